The Morgan fingerprint density at radius 2 is 1.77 bits per heavy atom. The third-order valence-corrected chi connectivity index (χ3v) is 8.06. The summed E-state index contributed by atoms with van der Waals surface area (Å²) in [5.74, 6) is 0.175. The van der Waals surface area contributed by atoms with Crippen LogP contribution in [0.3, 0.4) is 0 Å². The lowest BCUT2D eigenvalue weighted by atomic mass is 10.1. The number of hydrogen-bond donors (Lipinski definition) is 2. The Hall–Kier alpha value is -1.93. The Labute approximate surface area is 185 Å². The molecule has 3 aliphatic rings. The fourth-order valence-electron chi connectivity index (χ4n) is 4.74. The minimum absolute atomic E-state index is 0.0432. The first-order chi connectivity index (χ1) is 14.8. The van der Waals surface area contributed by atoms with Gasteiger partial charge in [0, 0.05) is 36.7 Å². The highest BCUT2D eigenvalue weighted by molar-refractivity contribution is 7.89. The summed E-state index contributed by atoms with van der Waals surface area (Å²) < 4.78 is 28.0. The van der Waals surface area contributed by atoms with E-state index in [9.17, 15) is 18.0 Å². The molecule has 0 saturated heterocycles. The van der Waals surface area contributed by atoms with Gasteiger partial charge in [0.1, 0.15) is 0 Å². The maximum Gasteiger partial charge on any atom is 0.240 e. The minimum Gasteiger partial charge on any atom is -0.353 e. The molecule has 2 amide bonds. The van der Waals surface area contributed by atoms with Crippen LogP contribution in [0.4, 0.5) is 5.69 Å². The summed E-state index contributed by atoms with van der Waals surface area (Å²) in [6, 6.07) is 5.22. The molecule has 0 bridgehead atoms. The number of fused-ring (bicyclic) bond motifs is 1. The third kappa shape index (κ3) is 5.29. The number of nitrogens with one attached hydrogen (secondary N) is 2. The van der Waals surface area contributed by atoms with Crippen molar-refractivity contribution in [3.8, 4) is 0 Å². The normalized spacial score (nSPS) is 22.1. The van der Waals surface area contributed by atoms with Crippen molar-refractivity contribution in [2.75, 3.05) is 11.4 Å². The molecule has 0 radical (unpaired) electrons. The Kier molecular flexibility index (Phi) is 6.67. The second kappa shape index (κ2) is 9.28. The van der Waals surface area contributed by atoms with Gasteiger partial charge in [0.25, 0.3) is 0 Å². The van der Waals surface area contributed by atoms with Gasteiger partial charge in [-0.15, -0.1) is 0 Å². The fourth-order valence-corrected chi connectivity index (χ4v) is 5.83. The summed E-state index contributed by atoms with van der Waals surface area (Å²) in [7, 11) is -3.71. The number of anilines is 1. The first kappa shape index (κ1) is 22.3. The van der Waals surface area contributed by atoms with Crippen molar-refractivity contribution in [1.29, 1.82) is 0 Å². The van der Waals surface area contributed by atoms with Gasteiger partial charge in [0.15, 0.2) is 0 Å². The largest absolute Gasteiger partial charge is 0.353 e. The van der Waals surface area contributed by atoms with E-state index in [-0.39, 0.29) is 47.7 Å². The molecule has 2 saturated carbocycles. The van der Waals surface area contributed by atoms with Gasteiger partial charge < -0.3 is 10.2 Å². The van der Waals surface area contributed by atoms with Crippen LogP contribution in [0.2, 0.25) is 0 Å². The van der Waals surface area contributed by atoms with Crippen molar-refractivity contribution < 1.29 is 18.0 Å². The maximum atomic E-state index is 12.7. The van der Waals surface area contributed by atoms with Crippen LogP contribution < -0.4 is 14.9 Å². The van der Waals surface area contributed by atoms with Crippen molar-refractivity contribution in [2.24, 2.45) is 5.92 Å². The molecule has 31 heavy (non-hydrogen) atoms. The average molecular weight is 448 g/mol. The van der Waals surface area contributed by atoms with E-state index in [1.54, 1.807) is 18.2 Å². The minimum atomic E-state index is -3.71. The van der Waals surface area contributed by atoms with Gasteiger partial charge >= 0.3 is 0 Å². The number of carbonyl (C=O) groups is 2. The van der Waals surface area contributed by atoms with E-state index in [0.717, 1.165) is 49.8 Å². The van der Waals surface area contributed by atoms with Crippen LogP contribution >= 0.6 is 0 Å². The molecule has 1 aliphatic heterocycles. The molecule has 1 heterocycles. The SMILES string of the molecule is C[C@H]1Cc2cc(S(=O)(=O)NCCC(=O)NC3CCCCCC3)ccc2N1C(=O)C1CC1. The van der Waals surface area contributed by atoms with E-state index in [0.29, 0.717) is 6.42 Å². The molecule has 2 aliphatic carbocycles. The van der Waals surface area contributed by atoms with Crippen LogP contribution in [-0.2, 0) is 26.0 Å². The van der Waals surface area contributed by atoms with Crippen molar-refractivity contribution in [3.05, 3.63) is 23.8 Å². The molecule has 1 aromatic rings. The second-order valence-electron chi connectivity index (χ2n) is 9.23. The molecule has 2 N–H and O–H groups in total. The monoisotopic (exact) mass is 447 g/mol. The lowest BCUT2D eigenvalue weighted by Crippen LogP contribution is -2.37. The van der Waals surface area contributed by atoms with E-state index in [2.05, 4.69) is 10.0 Å². The summed E-state index contributed by atoms with van der Waals surface area (Å²) in [6.07, 6.45) is 9.40. The third-order valence-electron chi connectivity index (χ3n) is 6.61. The topological polar surface area (TPSA) is 95.6 Å². The zero-order valence-corrected chi connectivity index (χ0v) is 19.0. The molecule has 0 aromatic heterocycles. The molecule has 2 fully saturated rings. The second-order valence-corrected chi connectivity index (χ2v) is 11.0. The lowest BCUT2D eigenvalue weighted by Gasteiger charge is -2.22. The summed E-state index contributed by atoms with van der Waals surface area (Å²) in [4.78, 5) is 26.8. The highest BCUT2D eigenvalue weighted by atomic mass is 32.2. The summed E-state index contributed by atoms with van der Waals surface area (Å²) in [5.41, 5.74) is 1.71. The molecule has 1 atom stereocenters. The Bertz CT molecular complexity index is 934. The van der Waals surface area contributed by atoms with E-state index in [1.165, 1.54) is 12.8 Å². The van der Waals surface area contributed by atoms with E-state index in [4.69, 9.17) is 0 Å². The maximum absolute atomic E-state index is 12.7. The van der Waals surface area contributed by atoms with E-state index in [1.807, 2.05) is 11.8 Å². The predicted octanol–water partition coefficient (Wildman–Crippen LogP) is 2.88. The van der Waals surface area contributed by atoms with Crippen molar-refractivity contribution in [1.82, 2.24) is 10.0 Å². The van der Waals surface area contributed by atoms with Crippen LogP contribution in [0.1, 0.15) is 70.3 Å². The number of carbonyl (C=O) groups excluding carboxylic acids is 2. The number of rotatable bonds is 7. The van der Waals surface area contributed by atoms with Gasteiger partial charge in [-0.1, -0.05) is 25.7 Å². The predicted molar refractivity (Wildman–Crippen MR) is 119 cm³/mol. The first-order valence-corrected chi connectivity index (χ1v) is 13.1. The van der Waals surface area contributed by atoms with E-state index >= 15 is 0 Å². The smallest absolute Gasteiger partial charge is 0.240 e. The molecular weight excluding hydrogens is 414 g/mol. The molecule has 1 aromatic carbocycles. The molecule has 7 nitrogen and oxygen atoms in total. The molecule has 8 heteroatoms. The molecule has 170 valence electrons. The van der Waals surface area contributed by atoms with Crippen molar-refractivity contribution in [2.45, 2.75) is 88.1 Å². The Morgan fingerprint density at radius 3 is 2.45 bits per heavy atom. The van der Waals surface area contributed by atoms with Crippen LogP contribution in [0.5, 0.6) is 0 Å². The number of sulfonamides is 1. The molecule has 0 unspecified atom stereocenters. The van der Waals surface area contributed by atoms with Gasteiger partial charge in [-0.2, -0.15) is 0 Å². The quantitative estimate of drug-likeness (QED) is 0.628. The van der Waals surface area contributed by atoms with Crippen LogP contribution in [0, 0.1) is 5.92 Å². The number of nitrogens with zero attached hydrogens (tertiary/aromatic N) is 1. The molecule has 4 rings (SSSR count). The molecule has 0 spiro atoms. The average Bonchev–Trinajstić information content (AvgIpc) is 3.53. The van der Waals surface area contributed by atoms with Crippen molar-refractivity contribution in [3.63, 3.8) is 0 Å². The van der Waals surface area contributed by atoms with Gasteiger partial charge in [-0.3, -0.25) is 9.59 Å². The van der Waals surface area contributed by atoms with Gasteiger partial charge in [0.2, 0.25) is 21.8 Å². The van der Waals surface area contributed by atoms with Crippen molar-refractivity contribution >= 4 is 27.5 Å². The summed E-state index contributed by atoms with van der Waals surface area (Å²) in [5, 5.41) is 3.04. The van der Waals surface area contributed by atoms with Gasteiger partial charge in [-0.05, 0) is 62.8 Å². The lowest BCUT2D eigenvalue weighted by molar-refractivity contribution is -0.122. The zero-order valence-electron chi connectivity index (χ0n) is 18.2. The highest BCUT2D eigenvalue weighted by Gasteiger charge is 2.39. The number of amides is 2. The standard InChI is InChI=1S/C23H33N3O4S/c1-16-14-18-15-20(10-11-21(18)26(16)23(28)17-8-9-17)31(29,30)24-13-12-22(27)25-19-6-4-2-3-5-7-19/h10-11,15-17,19,24H,2-9,12-14H2,1H3,(H,25,27)/t16-/m0/s1. The molecular formula is C23H33N3O4S. The first-order valence-electron chi connectivity index (χ1n) is 11.6. The number of benzene rings is 1. The Balaban J connectivity index is 1.33. The summed E-state index contributed by atoms with van der Waals surface area (Å²) in [6.45, 7) is 2.07. The van der Waals surface area contributed by atoms with Crippen LogP contribution in [-0.4, -0.2) is 38.9 Å². The summed E-state index contributed by atoms with van der Waals surface area (Å²) >= 11 is 0. The van der Waals surface area contributed by atoms with Gasteiger partial charge in [0.05, 0.1) is 4.90 Å². The number of hydrogen-bond acceptors (Lipinski definition) is 4. The van der Waals surface area contributed by atoms with Crippen LogP contribution in [0.25, 0.3) is 0 Å². The van der Waals surface area contributed by atoms with Gasteiger partial charge in [-0.25, -0.2) is 13.1 Å². The zero-order chi connectivity index (χ0) is 22.0. The van der Waals surface area contributed by atoms with E-state index < -0.39 is 10.0 Å². The Morgan fingerprint density at radius 1 is 1.06 bits per heavy atom. The van der Waals surface area contributed by atoms with Crippen LogP contribution in [0.15, 0.2) is 23.1 Å². The highest BCUT2D eigenvalue weighted by Crippen LogP contribution is 2.39. The fraction of sp³-hybridized carbons (Fsp3) is 0.652.